The first kappa shape index (κ1) is 18.6. The molecule has 0 saturated heterocycles. The lowest BCUT2D eigenvalue weighted by atomic mass is 9.72. The van der Waals surface area contributed by atoms with Crippen LogP contribution in [0.25, 0.3) is 0 Å². The number of nitrogens with zero attached hydrogens (tertiary/aromatic N) is 1. The van der Waals surface area contributed by atoms with E-state index in [9.17, 15) is 24.3 Å². The molecule has 1 aliphatic rings. The van der Waals surface area contributed by atoms with E-state index in [1.54, 1.807) is 0 Å². The second-order valence-electron chi connectivity index (χ2n) is 5.71. The van der Waals surface area contributed by atoms with Crippen LogP contribution in [0.15, 0.2) is 18.2 Å². The van der Waals surface area contributed by atoms with Gasteiger partial charge in [-0.3, -0.25) is 14.5 Å². The van der Waals surface area contributed by atoms with Gasteiger partial charge in [-0.05, 0) is 19.9 Å². The Bertz CT molecular complexity index is 757. The molecule has 25 heavy (non-hydrogen) atoms. The largest absolute Gasteiger partial charge is 0.467 e. The first-order valence-corrected chi connectivity index (χ1v) is 7.49. The number of carbonyl (C=O) groups is 4. The van der Waals surface area contributed by atoms with Gasteiger partial charge in [0, 0.05) is 11.1 Å². The maximum absolute atomic E-state index is 12.6. The van der Waals surface area contributed by atoms with Crippen LogP contribution in [0.3, 0.4) is 0 Å². The number of carbonyl (C=O) groups excluding carboxylic acids is 4. The van der Waals surface area contributed by atoms with Gasteiger partial charge in [0.2, 0.25) is 0 Å². The van der Waals surface area contributed by atoms with Crippen LogP contribution >= 0.6 is 0 Å². The zero-order valence-electron chi connectivity index (χ0n) is 14.4. The number of aliphatic hydroxyl groups is 1. The summed E-state index contributed by atoms with van der Waals surface area (Å²) < 4.78 is 9.50. The average Bonchev–Trinajstić information content (AvgIpc) is 2.91. The van der Waals surface area contributed by atoms with Gasteiger partial charge in [0.25, 0.3) is 0 Å². The van der Waals surface area contributed by atoms with Crippen molar-refractivity contribution in [2.24, 2.45) is 0 Å². The molecule has 2 unspecified atom stereocenters. The summed E-state index contributed by atoms with van der Waals surface area (Å²) in [6.45, 7) is 1.70. The Hall–Kier alpha value is -2.74. The van der Waals surface area contributed by atoms with E-state index in [2.05, 4.69) is 0 Å². The van der Waals surface area contributed by atoms with Gasteiger partial charge in [-0.1, -0.05) is 12.1 Å². The molecule has 0 fully saturated rings. The average molecular weight is 349 g/mol. The molecule has 0 aromatic heterocycles. The van der Waals surface area contributed by atoms with Gasteiger partial charge in [0.05, 0.1) is 26.5 Å². The molecule has 0 bridgehead atoms. The molecule has 1 aromatic carbocycles. The van der Waals surface area contributed by atoms with Crippen molar-refractivity contribution in [2.45, 2.75) is 25.3 Å². The summed E-state index contributed by atoms with van der Waals surface area (Å²) in [6.07, 6.45) is -0.908. The first-order valence-electron chi connectivity index (χ1n) is 7.49. The molecule has 2 rings (SSSR count). The van der Waals surface area contributed by atoms with E-state index in [0.717, 1.165) is 19.1 Å². The summed E-state index contributed by atoms with van der Waals surface area (Å²) >= 11 is 0. The predicted molar refractivity (Wildman–Crippen MR) is 86.6 cm³/mol. The van der Waals surface area contributed by atoms with E-state index in [0.29, 0.717) is 0 Å². The summed E-state index contributed by atoms with van der Waals surface area (Å²) in [6, 6.07) is 2.99. The van der Waals surface area contributed by atoms with Gasteiger partial charge in [-0.25, -0.2) is 9.59 Å². The van der Waals surface area contributed by atoms with Crippen molar-refractivity contribution >= 4 is 29.3 Å². The van der Waals surface area contributed by atoms with Crippen molar-refractivity contribution in [2.75, 3.05) is 25.7 Å². The number of Topliss-reactive ketones (excluding diaryl/α,β-unsaturated/α-hetero) is 2. The number of hydrogen-bond acceptors (Lipinski definition) is 7. The second kappa shape index (κ2) is 6.64. The fraction of sp³-hybridized carbons (Fsp3) is 0.412. The lowest BCUT2D eigenvalue weighted by Crippen LogP contribution is -2.57. The Morgan fingerprint density at radius 2 is 1.80 bits per heavy atom. The highest BCUT2D eigenvalue weighted by Crippen LogP contribution is 2.48. The molecule has 1 aliphatic heterocycles. The van der Waals surface area contributed by atoms with E-state index in [1.807, 2.05) is 0 Å². The molecule has 0 radical (unpaired) electrons. The van der Waals surface area contributed by atoms with Crippen LogP contribution in [-0.4, -0.2) is 55.6 Å². The standard InChI is InChI=1S/C17H19NO7/c1-9(20)11-6-5-7-12-13(11)17(8-19,10(2)21)14(15(22)24-3)18(12)16(23)25-4/h5-7,14,19H,8H2,1-4H3. The van der Waals surface area contributed by atoms with Crippen LogP contribution in [0.5, 0.6) is 0 Å². The van der Waals surface area contributed by atoms with Crippen LogP contribution in [-0.2, 0) is 24.5 Å². The summed E-state index contributed by atoms with van der Waals surface area (Å²) in [5.41, 5.74) is -1.40. The fourth-order valence-electron chi connectivity index (χ4n) is 3.37. The number of rotatable bonds is 4. The number of anilines is 1. The quantitative estimate of drug-likeness (QED) is 0.633. The van der Waals surface area contributed by atoms with Gasteiger partial charge in [-0.2, -0.15) is 0 Å². The number of benzene rings is 1. The maximum Gasteiger partial charge on any atom is 0.414 e. The Morgan fingerprint density at radius 1 is 1.16 bits per heavy atom. The molecule has 0 saturated carbocycles. The molecule has 1 aromatic rings. The molecule has 0 aliphatic carbocycles. The third-order valence-corrected chi connectivity index (χ3v) is 4.53. The number of methoxy groups -OCH3 is 2. The Morgan fingerprint density at radius 3 is 2.24 bits per heavy atom. The fourth-order valence-corrected chi connectivity index (χ4v) is 3.37. The third kappa shape index (κ3) is 2.49. The highest BCUT2D eigenvalue weighted by atomic mass is 16.5. The van der Waals surface area contributed by atoms with Crippen molar-refractivity contribution in [3.63, 3.8) is 0 Å². The van der Waals surface area contributed by atoms with Gasteiger partial charge in [0.15, 0.2) is 11.8 Å². The normalized spacial score (nSPS) is 21.5. The van der Waals surface area contributed by atoms with Gasteiger partial charge in [-0.15, -0.1) is 0 Å². The van der Waals surface area contributed by atoms with Gasteiger partial charge >= 0.3 is 12.1 Å². The van der Waals surface area contributed by atoms with Crippen molar-refractivity contribution in [1.82, 2.24) is 0 Å². The van der Waals surface area contributed by atoms with Crippen molar-refractivity contribution < 1.29 is 33.8 Å². The number of fused-ring (bicyclic) bond motifs is 1. The van der Waals surface area contributed by atoms with Crippen molar-refractivity contribution in [3.8, 4) is 0 Å². The Kier molecular flexibility index (Phi) is 4.94. The number of ketones is 2. The number of hydrogen-bond donors (Lipinski definition) is 1. The molecule has 134 valence electrons. The minimum Gasteiger partial charge on any atom is -0.467 e. The Labute approximate surface area is 144 Å². The third-order valence-electron chi connectivity index (χ3n) is 4.53. The van der Waals surface area contributed by atoms with Crippen LogP contribution in [0.1, 0.15) is 29.8 Å². The number of amides is 1. The molecular weight excluding hydrogens is 330 g/mol. The molecule has 0 spiro atoms. The maximum atomic E-state index is 12.6. The second-order valence-corrected chi connectivity index (χ2v) is 5.71. The van der Waals surface area contributed by atoms with Crippen LogP contribution in [0, 0.1) is 0 Å². The molecular formula is C17H19NO7. The smallest absolute Gasteiger partial charge is 0.414 e. The van der Waals surface area contributed by atoms with E-state index in [-0.39, 0.29) is 22.6 Å². The zero-order chi connectivity index (χ0) is 18.9. The molecule has 1 N–H and O–H groups in total. The highest BCUT2D eigenvalue weighted by molar-refractivity contribution is 6.12. The van der Waals surface area contributed by atoms with Gasteiger partial charge in [0.1, 0.15) is 11.2 Å². The topological polar surface area (TPSA) is 110 Å². The van der Waals surface area contributed by atoms with Crippen molar-refractivity contribution in [3.05, 3.63) is 29.3 Å². The number of ether oxygens (including phenoxy) is 2. The summed E-state index contributed by atoms with van der Waals surface area (Å²) in [7, 11) is 2.23. The lowest BCUT2D eigenvalue weighted by molar-refractivity contribution is -0.147. The van der Waals surface area contributed by atoms with Gasteiger partial charge < -0.3 is 14.6 Å². The van der Waals surface area contributed by atoms with E-state index in [4.69, 9.17) is 9.47 Å². The first-order chi connectivity index (χ1) is 11.8. The van der Waals surface area contributed by atoms with Crippen molar-refractivity contribution in [1.29, 1.82) is 0 Å². The minimum atomic E-state index is -1.82. The minimum absolute atomic E-state index is 0.123. The molecule has 8 heteroatoms. The van der Waals surface area contributed by atoms with Crippen LogP contribution < -0.4 is 4.90 Å². The number of aliphatic hydroxyl groups excluding tert-OH is 1. The monoisotopic (exact) mass is 349 g/mol. The molecule has 1 amide bonds. The summed E-state index contributed by atoms with van der Waals surface area (Å²) in [5.74, 6) is -1.85. The SMILES string of the molecule is COC(=O)C1N(C(=O)OC)c2cccc(C(C)=O)c2C1(CO)C(C)=O. The Balaban J connectivity index is 2.95. The zero-order valence-corrected chi connectivity index (χ0v) is 14.4. The molecule has 1 heterocycles. The van der Waals surface area contributed by atoms with E-state index >= 15 is 0 Å². The predicted octanol–water partition coefficient (Wildman–Crippen LogP) is 0.836. The van der Waals surface area contributed by atoms with Crippen LogP contribution in [0.2, 0.25) is 0 Å². The summed E-state index contributed by atoms with van der Waals surface area (Å²) in [5, 5.41) is 10.1. The van der Waals surface area contributed by atoms with E-state index in [1.165, 1.54) is 32.0 Å². The molecule has 8 nitrogen and oxygen atoms in total. The molecule has 2 atom stereocenters. The van der Waals surface area contributed by atoms with E-state index < -0.39 is 35.9 Å². The van der Waals surface area contributed by atoms with Crippen LogP contribution in [0.4, 0.5) is 10.5 Å². The summed E-state index contributed by atoms with van der Waals surface area (Å²) in [4.78, 5) is 50.4. The number of esters is 1. The lowest BCUT2D eigenvalue weighted by Gasteiger charge is -2.33. The highest BCUT2D eigenvalue weighted by Gasteiger charge is 2.61.